The zero-order valence-corrected chi connectivity index (χ0v) is 23.7. The Morgan fingerprint density at radius 1 is 0.850 bits per heavy atom. The number of benzene rings is 2. The molecule has 0 aliphatic carbocycles. The molecule has 6 rings (SSSR count). The van der Waals surface area contributed by atoms with Crippen LogP contribution in [-0.2, 0) is 7.05 Å². The molecular formula is C33H38N4O3. The van der Waals surface area contributed by atoms with Gasteiger partial charge in [-0.05, 0) is 81.2 Å². The van der Waals surface area contributed by atoms with Crippen molar-refractivity contribution in [3.05, 3.63) is 78.1 Å². The molecule has 0 unspecified atom stereocenters. The largest absolute Gasteiger partial charge is 0.493 e. The van der Waals surface area contributed by atoms with Crippen LogP contribution in [0.25, 0.3) is 22.2 Å². The molecule has 4 heterocycles. The van der Waals surface area contributed by atoms with Crippen LogP contribution in [0.15, 0.2) is 66.9 Å². The first kappa shape index (κ1) is 26.4. The average Bonchev–Trinajstić information content (AvgIpc) is 3.36. The number of rotatable bonds is 6. The fourth-order valence-corrected chi connectivity index (χ4v) is 6.50. The van der Waals surface area contributed by atoms with E-state index < -0.39 is 0 Å². The summed E-state index contributed by atoms with van der Waals surface area (Å²) in [6, 6.07) is 20.8. The van der Waals surface area contributed by atoms with Crippen molar-refractivity contribution in [2.75, 3.05) is 40.4 Å². The molecule has 4 aromatic rings. The molecule has 2 aliphatic heterocycles. The van der Waals surface area contributed by atoms with E-state index >= 15 is 0 Å². The van der Waals surface area contributed by atoms with E-state index in [1.807, 2.05) is 53.6 Å². The fraction of sp³-hybridized carbons (Fsp3) is 0.394. The predicted molar refractivity (Wildman–Crippen MR) is 158 cm³/mol. The number of ether oxygens (including phenoxy) is 2. The van der Waals surface area contributed by atoms with Crippen molar-refractivity contribution in [2.24, 2.45) is 7.05 Å². The zero-order valence-electron chi connectivity index (χ0n) is 23.7. The zero-order chi connectivity index (χ0) is 27.6. The molecule has 2 fully saturated rings. The Hall–Kier alpha value is -3.84. The molecule has 0 spiro atoms. The predicted octanol–water partition coefficient (Wildman–Crippen LogP) is 5.74. The third-order valence-corrected chi connectivity index (χ3v) is 8.86. The first-order valence-electron chi connectivity index (χ1n) is 14.3. The smallest absolute Gasteiger partial charge is 0.253 e. The molecule has 7 heteroatoms. The van der Waals surface area contributed by atoms with Crippen LogP contribution in [0.3, 0.4) is 0 Å². The SMILES string of the molecule is COc1ccc(-c2cc3cnc(C4CCN(C5CCN(C(=O)c6ccccc6)CC5)CC4)cc3n2C)cc1OC. The second kappa shape index (κ2) is 11.3. The van der Waals surface area contributed by atoms with Crippen molar-refractivity contribution in [1.29, 1.82) is 0 Å². The molecule has 0 bridgehead atoms. The number of hydrogen-bond donors (Lipinski definition) is 0. The Bertz CT molecular complexity index is 1480. The molecule has 0 N–H and O–H groups in total. The Morgan fingerprint density at radius 3 is 2.27 bits per heavy atom. The van der Waals surface area contributed by atoms with Crippen molar-refractivity contribution >= 4 is 16.8 Å². The van der Waals surface area contributed by atoms with Gasteiger partial charge < -0.3 is 23.8 Å². The van der Waals surface area contributed by atoms with Crippen LogP contribution in [0.2, 0.25) is 0 Å². The number of aryl methyl sites for hydroxylation is 1. The summed E-state index contributed by atoms with van der Waals surface area (Å²) in [6.45, 7) is 3.86. The van der Waals surface area contributed by atoms with Gasteiger partial charge in [0.1, 0.15) is 0 Å². The van der Waals surface area contributed by atoms with Crippen molar-refractivity contribution in [3.8, 4) is 22.8 Å². The highest BCUT2D eigenvalue weighted by molar-refractivity contribution is 5.94. The number of hydrogen-bond acceptors (Lipinski definition) is 5. The highest BCUT2D eigenvalue weighted by Crippen LogP contribution is 2.36. The van der Waals surface area contributed by atoms with Gasteiger partial charge in [-0.15, -0.1) is 0 Å². The van der Waals surface area contributed by atoms with Crippen LogP contribution in [0, 0.1) is 0 Å². The van der Waals surface area contributed by atoms with Gasteiger partial charge in [0.2, 0.25) is 0 Å². The van der Waals surface area contributed by atoms with Crippen LogP contribution in [-0.4, -0.2) is 71.7 Å². The molecule has 7 nitrogen and oxygen atoms in total. The van der Waals surface area contributed by atoms with Crippen LogP contribution < -0.4 is 9.47 Å². The minimum absolute atomic E-state index is 0.161. The summed E-state index contributed by atoms with van der Waals surface area (Å²) in [5.41, 5.74) is 5.40. The quantitative estimate of drug-likeness (QED) is 0.313. The third kappa shape index (κ3) is 5.06. The van der Waals surface area contributed by atoms with Gasteiger partial charge in [0.25, 0.3) is 5.91 Å². The maximum Gasteiger partial charge on any atom is 0.253 e. The average molecular weight is 539 g/mol. The first-order chi connectivity index (χ1) is 19.6. The number of carbonyl (C=O) groups excluding carboxylic acids is 1. The Morgan fingerprint density at radius 2 is 1.57 bits per heavy atom. The van der Waals surface area contributed by atoms with E-state index in [2.05, 4.69) is 34.7 Å². The van der Waals surface area contributed by atoms with Gasteiger partial charge in [0.05, 0.1) is 19.7 Å². The van der Waals surface area contributed by atoms with Crippen molar-refractivity contribution < 1.29 is 14.3 Å². The lowest BCUT2D eigenvalue weighted by molar-refractivity contribution is 0.0577. The van der Waals surface area contributed by atoms with E-state index in [-0.39, 0.29) is 5.91 Å². The summed E-state index contributed by atoms with van der Waals surface area (Å²) >= 11 is 0. The molecule has 208 valence electrons. The minimum Gasteiger partial charge on any atom is -0.493 e. The van der Waals surface area contributed by atoms with Crippen LogP contribution >= 0.6 is 0 Å². The summed E-state index contributed by atoms with van der Waals surface area (Å²) in [5, 5.41) is 1.14. The number of piperidine rings is 2. The highest BCUT2D eigenvalue weighted by Gasteiger charge is 2.31. The normalized spacial score (nSPS) is 17.3. The number of methoxy groups -OCH3 is 2. The van der Waals surface area contributed by atoms with Crippen molar-refractivity contribution in [2.45, 2.75) is 37.6 Å². The van der Waals surface area contributed by atoms with Crippen molar-refractivity contribution in [1.82, 2.24) is 19.4 Å². The Balaban J connectivity index is 1.09. The second-order valence-corrected chi connectivity index (χ2v) is 11.0. The maximum absolute atomic E-state index is 12.8. The number of likely N-dealkylation sites (tertiary alicyclic amines) is 2. The lowest BCUT2D eigenvalue weighted by Crippen LogP contribution is -2.48. The molecule has 40 heavy (non-hydrogen) atoms. The molecule has 0 radical (unpaired) electrons. The van der Waals surface area contributed by atoms with Crippen LogP contribution in [0.5, 0.6) is 11.5 Å². The van der Waals surface area contributed by atoms with Gasteiger partial charge in [-0.25, -0.2) is 0 Å². The van der Waals surface area contributed by atoms with Crippen LogP contribution in [0.1, 0.15) is 47.7 Å². The summed E-state index contributed by atoms with van der Waals surface area (Å²) in [4.78, 5) is 22.4. The van der Waals surface area contributed by atoms with Crippen molar-refractivity contribution in [3.63, 3.8) is 0 Å². The Labute approximate surface area is 236 Å². The summed E-state index contributed by atoms with van der Waals surface area (Å²) in [5.74, 6) is 2.09. The van der Waals surface area contributed by atoms with E-state index in [1.54, 1.807) is 14.2 Å². The fourth-order valence-electron chi connectivity index (χ4n) is 6.50. The Kier molecular flexibility index (Phi) is 7.48. The van der Waals surface area contributed by atoms with E-state index in [0.29, 0.717) is 12.0 Å². The number of nitrogens with zero attached hydrogens (tertiary/aromatic N) is 4. The lowest BCUT2D eigenvalue weighted by Gasteiger charge is -2.41. The summed E-state index contributed by atoms with van der Waals surface area (Å²) in [7, 11) is 5.44. The van der Waals surface area contributed by atoms with E-state index in [9.17, 15) is 4.79 Å². The number of amides is 1. The second-order valence-electron chi connectivity index (χ2n) is 11.0. The number of pyridine rings is 1. The van der Waals surface area contributed by atoms with E-state index in [0.717, 1.165) is 85.6 Å². The van der Waals surface area contributed by atoms with Gasteiger partial charge in [-0.2, -0.15) is 0 Å². The standard InChI is InChI=1S/C33H38N4O3/c1-35-29(25-9-10-31(39-2)32(20-25)40-3)19-26-22-34-28(21-30(26)35)23-11-15-36(16-12-23)27-13-17-37(18-14-27)33(38)24-7-5-4-6-8-24/h4-10,19-23,27H,11-18H2,1-3H3. The minimum atomic E-state index is 0.161. The topological polar surface area (TPSA) is 59.8 Å². The molecule has 2 saturated heterocycles. The molecule has 2 aromatic carbocycles. The molecule has 0 atom stereocenters. The number of carbonyl (C=O) groups is 1. The molecule has 0 saturated carbocycles. The first-order valence-corrected chi connectivity index (χ1v) is 14.3. The monoisotopic (exact) mass is 538 g/mol. The van der Waals surface area contributed by atoms with E-state index in [4.69, 9.17) is 14.5 Å². The molecule has 2 aromatic heterocycles. The summed E-state index contributed by atoms with van der Waals surface area (Å²) < 4.78 is 13.2. The maximum atomic E-state index is 12.8. The van der Waals surface area contributed by atoms with Gasteiger partial charge in [-0.1, -0.05) is 18.2 Å². The van der Waals surface area contributed by atoms with Gasteiger partial charge in [-0.3, -0.25) is 9.78 Å². The van der Waals surface area contributed by atoms with Gasteiger partial charge in [0.15, 0.2) is 11.5 Å². The number of fused-ring (bicyclic) bond motifs is 1. The van der Waals surface area contributed by atoms with Crippen LogP contribution in [0.4, 0.5) is 0 Å². The molecule has 1 amide bonds. The molecule has 2 aliphatic rings. The van der Waals surface area contributed by atoms with E-state index in [1.165, 1.54) is 11.2 Å². The molecular weight excluding hydrogens is 500 g/mol. The van der Waals surface area contributed by atoms with Gasteiger partial charge >= 0.3 is 0 Å². The van der Waals surface area contributed by atoms with Gasteiger partial charge in [0, 0.05) is 66.2 Å². The lowest BCUT2D eigenvalue weighted by atomic mass is 9.90. The summed E-state index contributed by atoms with van der Waals surface area (Å²) in [6.07, 6.45) is 6.37. The third-order valence-electron chi connectivity index (χ3n) is 8.86. The number of aromatic nitrogens is 2. The highest BCUT2D eigenvalue weighted by atomic mass is 16.5.